The minimum Gasteiger partial charge on any atom is -0.490 e. The van der Waals surface area contributed by atoms with Crippen molar-refractivity contribution in [2.75, 3.05) is 13.2 Å². The summed E-state index contributed by atoms with van der Waals surface area (Å²) in [7, 11) is 0. The predicted octanol–water partition coefficient (Wildman–Crippen LogP) is 2.57. The van der Waals surface area contributed by atoms with Crippen LogP contribution in [0, 0.1) is 0 Å². The number of ether oxygens (including phenoxy) is 2. The lowest BCUT2D eigenvalue weighted by molar-refractivity contribution is -0.122. The average molecular weight is 343 g/mol. The lowest BCUT2D eigenvalue weighted by Gasteiger charge is -2.24. The largest absolute Gasteiger partial charge is 0.490 e. The first-order chi connectivity index (χ1) is 12.3. The summed E-state index contributed by atoms with van der Waals surface area (Å²) >= 11 is 0. The third-order valence-electron chi connectivity index (χ3n) is 4.26. The van der Waals surface area contributed by atoms with E-state index in [0.717, 1.165) is 36.7 Å². The number of aryl methyl sites for hydroxylation is 1. The Kier molecular flexibility index (Phi) is 5.93. The fraction of sp³-hybridized carbons (Fsp3) is 0.474. The van der Waals surface area contributed by atoms with Crippen molar-refractivity contribution in [2.45, 2.75) is 45.2 Å². The van der Waals surface area contributed by atoms with Crippen LogP contribution in [0.5, 0.6) is 11.5 Å². The van der Waals surface area contributed by atoms with Crippen LogP contribution in [-0.2, 0) is 17.8 Å². The van der Waals surface area contributed by atoms with Gasteiger partial charge in [-0.2, -0.15) is 0 Å². The lowest BCUT2D eigenvalue weighted by atomic mass is 10.1. The van der Waals surface area contributed by atoms with Gasteiger partial charge < -0.3 is 19.4 Å². The van der Waals surface area contributed by atoms with E-state index in [0.29, 0.717) is 26.1 Å². The molecule has 6 heteroatoms. The molecule has 3 rings (SSSR count). The third kappa shape index (κ3) is 4.75. The zero-order valence-electron chi connectivity index (χ0n) is 14.6. The molecule has 2 aromatic rings. The number of carbonyl (C=O) groups is 1. The predicted molar refractivity (Wildman–Crippen MR) is 94.8 cm³/mol. The second kappa shape index (κ2) is 8.55. The van der Waals surface area contributed by atoms with Crippen LogP contribution in [0.3, 0.4) is 0 Å². The van der Waals surface area contributed by atoms with Gasteiger partial charge in [0.1, 0.15) is 5.82 Å². The molecule has 2 heterocycles. The molecule has 0 fully saturated rings. The van der Waals surface area contributed by atoms with Crippen molar-refractivity contribution < 1.29 is 14.3 Å². The van der Waals surface area contributed by atoms with E-state index in [1.807, 2.05) is 43.6 Å². The minimum atomic E-state index is 0.0789. The molecular weight excluding hydrogens is 318 g/mol. The normalized spacial score (nSPS) is 16.1. The summed E-state index contributed by atoms with van der Waals surface area (Å²) in [4.78, 5) is 16.4. The molecule has 1 aromatic heterocycles. The molecule has 6 nitrogen and oxygen atoms in total. The van der Waals surface area contributed by atoms with E-state index in [1.165, 1.54) is 0 Å². The van der Waals surface area contributed by atoms with Gasteiger partial charge in [-0.25, -0.2) is 4.98 Å². The van der Waals surface area contributed by atoms with E-state index >= 15 is 0 Å². The quantitative estimate of drug-likeness (QED) is 0.748. The molecule has 1 N–H and O–H groups in total. The first-order valence-electron chi connectivity index (χ1n) is 8.90. The SMILES string of the molecule is CCOc1ccccc1OCCCC(=O)NC1CCc2nccn2C1. The van der Waals surface area contributed by atoms with Crippen molar-refractivity contribution >= 4 is 5.91 Å². The van der Waals surface area contributed by atoms with E-state index in [1.54, 1.807) is 0 Å². The van der Waals surface area contributed by atoms with Crippen molar-refractivity contribution in [3.8, 4) is 11.5 Å². The molecule has 25 heavy (non-hydrogen) atoms. The molecule has 1 amide bonds. The summed E-state index contributed by atoms with van der Waals surface area (Å²) in [6, 6.07) is 7.79. The molecule has 0 saturated carbocycles. The number of hydrogen-bond donors (Lipinski definition) is 1. The lowest BCUT2D eigenvalue weighted by Crippen LogP contribution is -2.40. The topological polar surface area (TPSA) is 65.4 Å². The molecule has 0 radical (unpaired) electrons. The number of carbonyl (C=O) groups excluding carboxylic acids is 1. The van der Waals surface area contributed by atoms with Crippen LogP contribution in [0.15, 0.2) is 36.7 Å². The molecular formula is C19H25N3O3. The van der Waals surface area contributed by atoms with Crippen LogP contribution in [0.25, 0.3) is 0 Å². The highest BCUT2D eigenvalue weighted by Gasteiger charge is 2.20. The summed E-state index contributed by atoms with van der Waals surface area (Å²) in [5, 5.41) is 3.11. The van der Waals surface area contributed by atoms with Gasteiger partial charge >= 0.3 is 0 Å². The highest BCUT2D eigenvalue weighted by molar-refractivity contribution is 5.76. The van der Waals surface area contributed by atoms with E-state index in [-0.39, 0.29) is 11.9 Å². The Hall–Kier alpha value is -2.50. The molecule has 1 aliphatic rings. The number of rotatable bonds is 8. The van der Waals surface area contributed by atoms with Gasteiger partial charge in [-0.15, -0.1) is 0 Å². The van der Waals surface area contributed by atoms with Gasteiger partial charge in [0, 0.05) is 37.8 Å². The maximum absolute atomic E-state index is 12.1. The number of aromatic nitrogens is 2. The molecule has 0 bridgehead atoms. The summed E-state index contributed by atoms with van der Waals surface area (Å²) in [6.45, 7) is 3.84. The van der Waals surface area contributed by atoms with Gasteiger partial charge in [0.2, 0.25) is 5.91 Å². The first-order valence-corrected chi connectivity index (χ1v) is 8.90. The molecule has 0 aliphatic carbocycles. The summed E-state index contributed by atoms with van der Waals surface area (Å²) in [5.74, 6) is 2.65. The highest BCUT2D eigenvalue weighted by atomic mass is 16.5. The molecule has 1 aromatic carbocycles. The zero-order valence-corrected chi connectivity index (χ0v) is 14.6. The highest BCUT2D eigenvalue weighted by Crippen LogP contribution is 2.26. The van der Waals surface area contributed by atoms with Gasteiger partial charge in [0.05, 0.1) is 13.2 Å². The van der Waals surface area contributed by atoms with Crippen molar-refractivity contribution in [1.82, 2.24) is 14.9 Å². The van der Waals surface area contributed by atoms with Crippen molar-refractivity contribution in [2.24, 2.45) is 0 Å². The zero-order chi connectivity index (χ0) is 17.5. The number of imidazole rings is 1. The molecule has 1 unspecified atom stereocenters. The number of benzene rings is 1. The molecule has 1 aliphatic heterocycles. The van der Waals surface area contributed by atoms with Crippen LogP contribution in [0.2, 0.25) is 0 Å². The van der Waals surface area contributed by atoms with Crippen molar-refractivity contribution in [3.63, 3.8) is 0 Å². The van der Waals surface area contributed by atoms with E-state index in [2.05, 4.69) is 14.9 Å². The van der Waals surface area contributed by atoms with Gasteiger partial charge in [-0.3, -0.25) is 4.79 Å². The Morgan fingerprint density at radius 3 is 2.92 bits per heavy atom. The van der Waals surface area contributed by atoms with Crippen LogP contribution in [0.1, 0.15) is 32.0 Å². The average Bonchev–Trinajstić information content (AvgIpc) is 3.08. The van der Waals surface area contributed by atoms with Crippen LogP contribution >= 0.6 is 0 Å². The molecule has 134 valence electrons. The molecule has 1 atom stereocenters. The number of para-hydroxylation sites is 2. The Morgan fingerprint density at radius 1 is 1.32 bits per heavy atom. The number of amides is 1. The summed E-state index contributed by atoms with van der Waals surface area (Å²) < 4.78 is 13.4. The van der Waals surface area contributed by atoms with Crippen molar-refractivity contribution in [3.05, 3.63) is 42.5 Å². The van der Waals surface area contributed by atoms with Gasteiger partial charge in [0.25, 0.3) is 0 Å². The van der Waals surface area contributed by atoms with Gasteiger partial charge in [-0.05, 0) is 31.9 Å². The van der Waals surface area contributed by atoms with E-state index < -0.39 is 0 Å². The van der Waals surface area contributed by atoms with E-state index in [9.17, 15) is 4.79 Å². The minimum absolute atomic E-state index is 0.0789. The fourth-order valence-corrected chi connectivity index (χ4v) is 3.04. The second-order valence-corrected chi connectivity index (χ2v) is 6.13. The van der Waals surface area contributed by atoms with Crippen molar-refractivity contribution in [1.29, 1.82) is 0 Å². The first kappa shape index (κ1) is 17.3. The number of nitrogens with one attached hydrogen (secondary N) is 1. The van der Waals surface area contributed by atoms with E-state index in [4.69, 9.17) is 9.47 Å². The maximum Gasteiger partial charge on any atom is 0.220 e. The van der Waals surface area contributed by atoms with Crippen LogP contribution in [-0.4, -0.2) is 34.7 Å². The standard InChI is InChI=1S/C19H25N3O3/c1-2-24-16-6-3-4-7-17(16)25-13-5-8-19(23)21-15-9-10-18-20-11-12-22(18)14-15/h3-4,6-7,11-12,15H,2,5,8-10,13-14H2,1H3,(H,21,23). The Labute approximate surface area is 148 Å². The smallest absolute Gasteiger partial charge is 0.220 e. The second-order valence-electron chi connectivity index (χ2n) is 6.13. The Balaban J connectivity index is 1.37. The van der Waals surface area contributed by atoms with Crippen LogP contribution in [0.4, 0.5) is 0 Å². The van der Waals surface area contributed by atoms with Gasteiger partial charge in [0.15, 0.2) is 11.5 Å². The Morgan fingerprint density at radius 2 is 2.12 bits per heavy atom. The molecule has 0 saturated heterocycles. The molecule has 0 spiro atoms. The summed E-state index contributed by atoms with van der Waals surface area (Å²) in [5.41, 5.74) is 0. The van der Waals surface area contributed by atoms with Gasteiger partial charge in [-0.1, -0.05) is 12.1 Å². The number of nitrogens with zero attached hydrogens (tertiary/aromatic N) is 2. The third-order valence-corrected chi connectivity index (χ3v) is 4.26. The summed E-state index contributed by atoms with van der Waals surface area (Å²) in [6.07, 6.45) is 6.78. The Bertz CT molecular complexity index is 699. The monoisotopic (exact) mass is 343 g/mol. The number of hydrogen-bond acceptors (Lipinski definition) is 4. The maximum atomic E-state index is 12.1. The fourth-order valence-electron chi connectivity index (χ4n) is 3.04. The number of fused-ring (bicyclic) bond motifs is 1. The van der Waals surface area contributed by atoms with Crippen LogP contribution < -0.4 is 14.8 Å².